The van der Waals surface area contributed by atoms with Crippen LogP contribution in [-0.4, -0.2) is 47.2 Å². The molecular formula is C21H23N3O. The Bertz CT molecular complexity index is 777. The summed E-state index contributed by atoms with van der Waals surface area (Å²) in [6.07, 6.45) is 2.76. The first-order chi connectivity index (χ1) is 12.2. The first kappa shape index (κ1) is 16.0. The average Bonchev–Trinajstić information content (AvgIpc) is 3.04. The first-order valence-corrected chi connectivity index (χ1v) is 8.89. The highest BCUT2D eigenvalue weighted by molar-refractivity contribution is 6.05. The van der Waals surface area contributed by atoms with Crippen LogP contribution in [0.25, 0.3) is 0 Å². The normalized spacial score (nSPS) is 19.9. The maximum absolute atomic E-state index is 13.2. The third-order valence-electron chi connectivity index (χ3n) is 5.40. The van der Waals surface area contributed by atoms with Gasteiger partial charge in [-0.15, -0.1) is 0 Å². The lowest BCUT2D eigenvalue weighted by molar-refractivity contribution is 0.0340. The lowest BCUT2D eigenvalue weighted by Crippen LogP contribution is -2.52. The van der Waals surface area contributed by atoms with Crippen LogP contribution < -0.4 is 0 Å². The summed E-state index contributed by atoms with van der Waals surface area (Å²) in [6, 6.07) is 19.7. The van der Waals surface area contributed by atoms with Gasteiger partial charge in [-0.3, -0.25) is 4.79 Å². The number of hydrazone groups is 1. The fourth-order valence-electron chi connectivity index (χ4n) is 3.83. The fourth-order valence-corrected chi connectivity index (χ4v) is 3.83. The van der Waals surface area contributed by atoms with Gasteiger partial charge in [0.1, 0.15) is 0 Å². The Morgan fingerprint density at radius 1 is 0.960 bits per heavy atom. The quantitative estimate of drug-likeness (QED) is 0.844. The van der Waals surface area contributed by atoms with E-state index in [1.165, 1.54) is 0 Å². The lowest BCUT2D eigenvalue weighted by atomic mass is 9.82. The highest BCUT2D eigenvalue weighted by atomic mass is 16.2. The minimum absolute atomic E-state index is 0.0103. The number of piperidine rings is 1. The third-order valence-corrected chi connectivity index (χ3v) is 5.40. The molecule has 0 bridgehead atoms. The van der Waals surface area contributed by atoms with Crippen molar-refractivity contribution in [2.24, 2.45) is 5.10 Å². The molecule has 1 amide bonds. The predicted molar refractivity (Wildman–Crippen MR) is 99.7 cm³/mol. The fraction of sp³-hybridized carbons (Fsp3) is 0.333. The van der Waals surface area contributed by atoms with E-state index in [4.69, 9.17) is 5.10 Å². The molecule has 128 valence electrons. The van der Waals surface area contributed by atoms with Crippen molar-refractivity contribution in [1.82, 2.24) is 9.91 Å². The minimum Gasteiger partial charge on any atom is -0.306 e. The van der Waals surface area contributed by atoms with E-state index in [1.54, 1.807) is 5.01 Å². The molecule has 2 aromatic rings. The summed E-state index contributed by atoms with van der Waals surface area (Å²) >= 11 is 0. The van der Waals surface area contributed by atoms with E-state index in [0.717, 1.165) is 43.6 Å². The SMILES string of the molecule is CN1CCC2(CC1)CC(c1ccccc1)=NN2C(=O)c1ccccc1. The van der Waals surface area contributed by atoms with Gasteiger partial charge < -0.3 is 4.90 Å². The molecule has 1 fully saturated rings. The molecule has 2 aliphatic rings. The van der Waals surface area contributed by atoms with Crippen LogP contribution in [0.4, 0.5) is 0 Å². The summed E-state index contributed by atoms with van der Waals surface area (Å²) in [5, 5.41) is 6.61. The van der Waals surface area contributed by atoms with Gasteiger partial charge in [-0.2, -0.15) is 5.10 Å². The van der Waals surface area contributed by atoms with Crippen LogP contribution in [0.3, 0.4) is 0 Å². The molecule has 2 aromatic carbocycles. The van der Waals surface area contributed by atoms with Crippen LogP contribution in [-0.2, 0) is 0 Å². The maximum Gasteiger partial charge on any atom is 0.274 e. The van der Waals surface area contributed by atoms with Crippen molar-refractivity contribution in [2.45, 2.75) is 24.8 Å². The molecule has 0 aliphatic carbocycles. The van der Waals surface area contributed by atoms with Crippen LogP contribution in [0.15, 0.2) is 65.8 Å². The monoisotopic (exact) mass is 333 g/mol. The highest BCUT2D eigenvalue weighted by Gasteiger charge is 2.47. The summed E-state index contributed by atoms with van der Waals surface area (Å²) in [4.78, 5) is 15.5. The molecule has 0 atom stereocenters. The van der Waals surface area contributed by atoms with E-state index < -0.39 is 0 Å². The van der Waals surface area contributed by atoms with Gasteiger partial charge in [0.2, 0.25) is 0 Å². The minimum atomic E-state index is -0.190. The Balaban J connectivity index is 1.71. The summed E-state index contributed by atoms with van der Waals surface area (Å²) in [7, 11) is 2.14. The number of rotatable bonds is 2. The molecule has 4 nitrogen and oxygen atoms in total. The second-order valence-electron chi connectivity index (χ2n) is 7.10. The van der Waals surface area contributed by atoms with E-state index in [2.05, 4.69) is 24.1 Å². The van der Waals surface area contributed by atoms with Crippen molar-refractivity contribution in [3.05, 3.63) is 71.8 Å². The van der Waals surface area contributed by atoms with Gasteiger partial charge in [-0.25, -0.2) is 5.01 Å². The average molecular weight is 333 g/mol. The second-order valence-corrected chi connectivity index (χ2v) is 7.10. The zero-order valence-electron chi connectivity index (χ0n) is 14.6. The van der Waals surface area contributed by atoms with Crippen LogP contribution in [0, 0.1) is 0 Å². The molecule has 1 saturated heterocycles. The standard InChI is InChI=1S/C21H23N3O/c1-23-14-12-21(13-15-23)16-19(17-8-4-2-5-9-17)22-24(21)20(25)18-10-6-3-7-11-18/h2-11H,12-16H2,1H3. The molecule has 2 aliphatic heterocycles. The number of hydrogen-bond donors (Lipinski definition) is 0. The predicted octanol–water partition coefficient (Wildman–Crippen LogP) is 3.40. The van der Waals surface area contributed by atoms with Gasteiger partial charge in [0.05, 0.1) is 11.3 Å². The van der Waals surface area contributed by atoms with E-state index in [-0.39, 0.29) is 11.4 Å². The summed E-state index contributed by atoms with van der Waals surface area (Å²) in [5.41, 5.74) is 2.66. The number of hydrogen-bond acceptors (Lipinski definition) is 3. The van der Waals surface area contributed by atoms with Crippen molar-refractivity contribution in [3.63, 3.8) is 0 Å². The molecule has 1 spiro atoms. The second kappa shape index (κ2) is 6.45. The summed E-state index contributed by atoms with van der Waals surface area (Å²) in [6.45, 7) is 1.99. The number of benzene rings is 2. The number of carbonyl (C=O) groups excluding carboxylic acids is 1. The Labute approximate surface area is 148 Å². The van der Waals surface area contributed by atoms with Gasteiger partial charge in [-0.1, -0.05) is 48.5 Å². The maximum atomic E-state index is 13.2. The Morgan fingerprint density at radius 2 is 1.56 bits per heavy atom. The third kappa shape index (κ3) is 2.98. The summed E-state index contributed by atoms with van der Waals surface area (Å²) < 4.78 is 0. The van der Waals surface area contributed by atoms with Gasteiger partial charge in [0, 0.05) is 25.1 Å². The number of carbonyl (C=O) groups is 1. The number of amides is 1. The number of likely N-dealkylation sites (tertiary alicyclic amines) is 1. The molecule has 25 heavy (non-hydrogen) atoms. The van der Waals surface area contributed by atoms with Crippen LogP contribution in [0.2, 0.25) is 0 Å². The Kier molecular flexibility index (Phi) is 4.14. The van der Waals surface area contributed by atoms with Gasteiger partial charge in [0.25, 0.3) is 5.91 Å². The molecule has 4 heteroatoms. The zero-order valence-corrected chi connectivity index (χ0v) is 14.6. The zero-order chi connectivity index (χ0) is 17.3. The first-order valence-electron chi connectivity index (χ1n) is 8.89. The molecular weight excluding hydrogens is 310 g/mol. The molecule has 0 N–H and O–H groups in total. The van der Waals surface area contributed by atoms with Crippen molar-refractivity contribution < 1.29 is 4.79 Å². The van der Waals surface area contributed by atoms with Gasteiger partial charge in [-0.05, 0) is 37.6 Å². The number of nitrogens with zero attached hydrogens (tertiary/aromatic N) is 3. The topological polar surface area (TPSA) is 35.9 Å². The molecule has 0 aromatic heterocycles. The van der Waals surface area contributed by atoms with Crippen LogP contribution >= 0.6 is 0 Å². The molecule has 0 radical (unpaired) electrons. The van der Waals surface area contributed by atoms with Gasteiger partial charge in [0.15, 0.2) is 0 Å². The molecule has 0 saturated carbocycles. The van der Waals surface area contributed by atoms with Gasteiger partial charge >= 0.3 is 0 Å². The van der Waals surface area contributed by atoms with Crippen molar-refractivity contribution in [1.29, 1.82) is 0 Å². The Hall–Kier alpha value is -2.46. The van der Waals surface area contributed by atoms with Crippen LogP contribution in [0.1, 0.15) is 35.2 Å². The lowest BCUT2D eigenvalue weighted by Gasteiger charge is -2.42. The van der Waals surface area contributed by atoms with Crippen molar-refractivity contribution in [2.75, 3.05) is 20.1 Å². The largest absolute Gasteiger partial charge is 0.306 e. The van der Waals surface area contributed by atoms with E-state index in [1.807, 2.05) is 48.5 Å². The van der Waals surface area contributed by atoms with Crippen molar-refractivity contribution >= 4 is 11.6 Å². The smallest absolute Gasteiger partial charge is 0.274 e. The van der Waals surface area contributed by atoms with E-state index in [0.29, 0.717) is 5.56 Å². The highest BCUT2D eigenvalue weighted by Crippen LogP contribution is 2.39. The van der Waals surface area contributed by atoms with Crippen LogP contribution in [0.5, 0.6) is 0 Å². The molecule has 4 rings (SSSR count). The Morgan fingerprint density at radius 3 is 2.20 bits per heavy atom. The van der Waals surface area contributed by atoms with E-state index in [9.17, 15) is 4.79 Å². The molecule has 2 heterocycles. The summed E-state index contributed by atoms with van der Waals surface area (Å²) in [5.74, 6) is 0.0103. The molecule has 0 unspecified atom stereocenters. The van der Waals surface area contributed by atoms with E-state index >= 15 is 0 Å². The van der Waals surface area contributed by atoms with Crippen molar-refractivity contribution in [3.8, 4) is 0 Å².